The zero-order chi connectivity index (χ0) is 14.0. The summed E-state index contributed by atoms with van der Waals surface area (Å²) in [6.45, 7) is 1.48. The molecule has 0 fully saturated rings. The molecular weight excluding hydrogens is 262 g/mol. The van der Waals surface area contributed by atoms with Crippen LogP contribution in [0.25, 0.3) is 11.1 Å². The van der Waals surface area contributed by atoms with E-state index in [2.05, 4.69) is 0 Å². The standard InChI is InChI=1S/C15H14ClNO2/c1-15(17,14(18)19)12-4-2-3-11(9-12)10-5-7-13(16)8-6-10/h2-9H,17H2,1H3,(H,18,19)/t15-/m0/s1. The Balaban J connectivity index is 2.45. The Kier molecular flexibility index (Phi) is 3.60. The van der Waals surface area contributed by atoms with E-state index < -0.39 is 11.5 Å². The van der Waals surface area contributed by atoms with Crippen LogP contribution in [0.1, 0.15) is 12.5 Å². The first kappa shape index (κ1) is 13.6. The van der Waals surface area contributed by atoms with Crippen LogP contribution in [-0.4, -0.2) is 11.1 Å². The summed E-state index contributed by atoms with van der Waals surface area (Å²) in [7, 11) is 0. The van der Waals surface area contributed by atoms with Crippen molar-refractivity contribution in [3.8, 4) is 11.1 Å². The van der Waals surface area contributed by atoms with Crippen molar-refractivity contribution < 1.29 is 9.90 Å². The van der Waals surface area contributed by atoms with E-state index >= 15 is 0 Å². The van der Waals surface area contributed by atoms with Gasteiger partial charge in [-0.2, -0.15) is 0 Å². The molecule has 98 valence electrons. The smallest absolute Gasteiger partial charge is 0.328 e. The lowest BCUT2D eigenvalue weighted by atomic mass is 9.91. The van der Waals surface area contributed by atoms with Crippen LogP contribution >= 0.6 is 11.6 Å². The molecule has 0 spiro atoms. The zero-order valence-electron chi connectivity index (χ0n) is 10.4. The minimum atomic E-state index is -1.40. The van der Waals surface area contributed by atoms with Crippen LogP contribution in [0.2, 0.25) is 5.02 Å². The summed E-state index contributed by atoms with van der Waals surface area (Å²) in [5, 5.41) is 9.81. The predicted molar refractivity (Wildman–Crippen MR) is 76.1 cm³/mol. The fourth-order valence-corrected chi connectivity index (χ4v) is 1.91. The van der Waals surface area contributed by atoms with E-state index in [0.29, 0.717) is 10.6 Å². The van der Waals surface area contributed by atoms with Crippen LogP contribution < -0.4 is 5.73 Å². The number of carboxylic acid groups (broad SMARTS) is 1. The highest BCUT2D eigenvalue weighted by atomic mass is 35.5. The molecule has 0 radical (unpaired) electrons. The average Bonchev–Trinajstić information content (AvgIpc) is 2.39. The number of aliphatic carboxylic acids is 1. The first-order valence-corrected chi connectivity index (χ1v) is 6.18. The van der Waals surface area contributed by atoms with Gasteiger partial charge in [-0.3, -0.25) is 0 Å². The molecule has 1 atom stereocenters. The third kappa shape index (κ3) is 2.78. The molecule has 3 nitrogen and oxygen atoms in total. The summed E-state index contributed by atoms with van der Waals surface area (Å²) < 4.78 is 0. The Morgan fingerprint density at radius 1 is 1.16 bits per heavy atom. The van der Waals surface area contributed by atoms with Crippen molar-refractivity contribution in [2.24, 2.45) is 5.73 Å². The monoisotopic (exact) mass is 275 g/mol. The number of hydrogen-bond donors (Lipinski definition) is 2. The number of carbonyl (C=O) groups is 1. The Morgan fingerprint density at radius 3 is 2.37 bits per heavy atom. The Bertz CT molecular complexity index is 606. The van der Waals surface area contributed by atoms with E-state index in [1.807, 2.05) is 18.2 Å². The quantitative estimate of drug-likeness (QED) is 0.904. The largest absolute Gasteiger partial charge is 0.480 e. The maximum Gasteiger partial charge on any atom is 0.328 e. The molecule has 0 bridgehead atoms. The second-order valence-electron chi connectivity index (χ2n) is 4.60. The van der Waals surface area contributed by atoms with Gasteiger partial charge in [0.05, 0.1) is 0 Å². The first-order chi connectivity index (χ1) is 8.91. The number of rotatable bonds is 3. The van der Waals surface area contributed by atoms with Gasteiger partial charge in [-0.05, 0) is 41.8 Å². The van der Waals surface area contributed by atoms with Gasteiger partial charge in [0.15, 0.2) is 0 Å². The lowest BCUT2D eigenvalue weighted by molar-refractivity contribution is -0.143. The van der Waals surface area contributed by atoms with E-state index in [0.717, 1.165) is 11.1 Å². The Labute approximate surface area is 116 Å². The molecule has 4 heteroatoms. The van der Waals surface area contributed by atoms with Crippen molar-refractivity contribution in [3.05, 3.63) is 59.1 Å². The summed E-state index contributed by atoms with van der Waals surface area (Å²) in [5.41, 5.74) is 6.87. The molecule has 0 amide bonds. The van der Waals surface area contributed by atoms with E-state index in [1.165, 1.54) is 6.92 Å². The topological polar surface area (TPSA) is 63.3 Å². The van der Waals surface area contributed by atoms with Crippen LogP contribution in [-0.2, 0) is 10.3 Å². The minimum Gasteiger partial charge on any atom is -0.480 e. The highest BCUT2D eigenvalue weighted by molar-refractivity contribution is 6.30. The molecule has 3 N–H and O–H groups in total. The van der Waals surface area contributed by atoms with Crippen LogP contribution in [0.4, 0.5) is 0 Å². The van der Waals surface area contributed by atoms with Gasteiger partial charge in [-0.1, -0.05) is 41.9 Å². The van der Waals surface area contributed by atoms with Gasteiger partial charge in [0.25, 0.3) is 0 Å². The number of benzene rings is 2. The van der Waals surface area contributed by atoms with Crippen molar-refractivity contribution in [3.63, 3.8) is 0 Å². The van der Waals surface area contributed by atoms with Crippen LogP contribution in [0.15, 0.2) is 48.5 Å². The van der Waals surface area contributed by atoms with Gasteiger partial charge < -0.3 is 10.8 Å². The van der Waals surface area contributed by atoms with Gasteiger partial charge in [0.2, 0.25) is 0 Å². The van der Waals surface area contributed by atoms with E-state index in [-0.39, 0.29) is 0 Å². The first-order valence-electron chi connectivity index (χ1n) is 5.80. The highest BCUT2D eigenvalue weighted by Gasteiger charge is 2.30. The van der Waals surface area contributed by atoms with Crippen molar-refractivity contribution in [2.45, 2.75) is 12.5 Å². The predicted octanol–water partition coefficient (Wildman–Crippen LogP) is 3.27. The zero-order valence-corrected chi connectivity index (χ0v) is 11.2. The SMILES string of the molecule is C[C@@](N)(C(=O)O)c1cccc(-c2ccc(Cl)cc2)c1. The van der Waals surface area contributed by atoms with Gasteiger partial charge >= 0.3 is 5.97 Å². The third-order valence-corrected chi connectivity index (χ3v) is 3.34. The summed E-state index contributed by atoms with van der Waals surface area (Å²) in [6, 6.07) is 14.6. The van der Waals surface area contributed by atoms with Crippen molar-refractivity contribution in [1.29, 1.82) is 0 Å². The molecule has 0 saturated carbocycles. The van der Waals surface area contributed by atoms with Crippen LogP contribution in [0.3, 0.4) is 0 Å². The lowest BCUT2D eigenvalue weighted by Crippen LogP contribution is -2.41. The molecule has 19 heavy (non-hydrogen) atoms. The maximum absolute atomic E-state index is 11.2. The fourth-order valence-electron chi connectivity index (χ4n) is 1.79. The normalized spacial score (nSPS) is 13.8. The van der Waals surface area contributed by atoms with Crippen molar-refractivity contribution in [1.82, 2.24) is 0 Å². The fraction of sp³-hybridized carbons (Fsp3) is 0.133. The average molecular weight is 276 g/mol. The minimum absolute atomic E-state index is 0.562. The second kappa shape index (κ2) is 5.03. The summed E-state index contributed by atoms with van der Waals surface area (Å²) in [6.07, 6.45) is 0. The number of nitrogens with two attached hydrogens (primary N) is 1. The number of hydrogen-bond acceptors (Lipinski definition) is 2. The highest BCUT2D eigenvalue weighted by Crippen LogP contribution is 2.26. The Hall–Kier alpha value is -1.84. The number of carboxylic acids is 1. The third-order valence-electron chi connectivity index (χ3n) is 3.08. The van der Waals surface area contributed by atoms with E-state index in [9.17, 15) is 4.79 Å². The maximum atomic E-state index is 11.2. The molecular formula is C15H14ClNO2. The van der Waals surface area contributed by atoms with Crippen LogP contribution in [0, 0.1) is 0 Å². The van der Waals surface area contributed by atoms with Gasteiger partial charge in [-0.15, -0.1) is 0 Å². The summed E-state index contributed by atoms with van der Waals surface area (Å²) >= 11 is 5.85. The Morgan fingerprint density at radius 2 is 1.79 bits per heavy atom. The van der Waals surface area contributed by atoms with Crippen molar-refractivity contribution >= 4 is 17.6 Å². The molecule has 0 unspecified atom stereocenters. The van der Waals surface area contributed by atoms with Gasteiger partial charge in [-0.25, -0.2) is 4.79 Å². The van der Waals surface area contributed by atoms with E-state index in [1.54, 1.807) is 30.3 Å². The molecule has 0 heterocycles. The molecule has 0 aliphatic heterocycles. The molecule has 0 aromatic heterocycles. The van der Waals surface area contributed by atoms with E-state index in [4.69, 9.17) is 22.4 Å². The summed E-state index contributed by atoms with van der Waals surface area (Å²) in [5.74, 6) is -1.05. The lowest BCUT2D eigenvalue weighted by Gasteiger charge is -2.20. The molecule has 2 aromatic carbocycles. The van der Waals surface area contributed by atoms with Crippen molar-refractivity contribution in [2.75, 3.05) is 0 Å². The molecule has 2 rings (SSSR count). The van der Waals surface area contributed by atoms with Crippen LogP contribution in [0.5, 0.6) is 0 Å². The van der Waals surface area contributed by atoms with Gasteiger partial charge in [0.1, 0.15) is 5.54 Å². The van der Waals surface area contributed by atoms with Gasteiger partial charge in [0, 0.05) is 5.02 Å². The molecule has 0 aliphatic rings. The number of halogens is 1. The molecule has 0 saturated heterocycles. The molecule has 0 aliphatic carbocycles. The summed E-state index contributed by atoms with van der Waals surface area (Å²) in [4.78, 5) is 11.2. The second-order valence-corrected chi connectivity index (χ2v) is 5.03. The molecule has 2 aromatic rings.